The molecule has 110 valence electrons. The molecule has 1 fully saturated rings. The molecule has 5 heteroatoms. The fourth-order valence-electron chi connectivity index (χ4n) is 2.70. The Morgan fingerprint density at radius 3 is 2.95 bits per heavy atom. The van der Waals surface area contributed by atoms with E-state index in [9.17, 15) is 4.79 Å². The summed E-state index contributed by atoms with van der Waals surface area (Å²) in [6.07, 6.45) is 6.69. The van der Waals surface area contributed by atoms with Gasteiger partial charge in [-0.1, -0.05) is 25.4 Å². The van der Waals surface area contributed by atoms with Crippen molar-refractivity contribution in [2.45, 2.75) is 51.2 Å². The van der Waals surface area contributed by atoms with Gasteiger partial charge in [-0.3, -0.25) is 9.78 Å². The Labute approximate surface area is 124 Å². The number of pyridine rings is 1. The first kappa shape index (κ1) is 15.3. The van der Waals surface area contributed by atoms with Crippen molar-refractivity contribution in [2.24, 2.45) is 0 Å². The van der Waals surface area contributed by atoms with E-state index in [0.29, 0.717) is 17.2 Å². The summed E-state index contributed by atoms with van der Waals surface area (Å²) in [6.45, 7) is 4.95. The number of hydrogen-bond donors (Lipinski definition) is 1. The van der Waals surface area contributed by atoms with Crippen LogP contribution in [0.3, 0.4) is 0 Å². The fourth-order valence-corrected chi connectivity index (χ4v) is 2.89. The van der Waals surface area contributed by atoms with Gasteiger partial charge in [0.25, 0.3) is 5.91 Å². The van der Waals surface area contributed by atoms with E-state index < -0.39 is 0 Å². The van der Waals surface area contributed by atoms with Crippen molar-refractivity contribution < 1.29 is 9.53 Å². The van der Waals surface area contributed by atoms with E-state index in [0.717, 1.165) is 25.7 Å². The van der Waals surface area contributed by atoms with Crippen LogP contribution in [0.2, 0.25) is 5.02 Å². The minimum absolute atomic E-state index is 0.102. The van der Waals surface area contributed by atoms with E-state index in [1.807, 2.05) is 0 Å². The minimum Gasteiger partial charge on any atom is -0.375 e. The summed E-state index contributed by atoms with van der Waals surface area (Å²) in [6, 6.07) is 1.76. The smallest absolute Gasteiger partial charge is 0.254 e. The van der Waals surface area contributed by atoms with Crippen molar-refractivity contribution in [1.82, 2.24) is 10.3 Å². The van der Waals surface area contributed by atoms with Crippen LogP contribution in [0.1, 0.15) is 49.9 Å². The van der Waals surface area contributed by atoms with E-state index in [4.69, 9.17) is 16.3 Å². The Hall–Kier alpha value is -1.13. The second-order valence-electron chi connectivity index (χ2n) is 5.26. The van der Waals surface area contributed by atoms with Gasteiger partial charge in [0.1, 0.15) is 0 Å². The second-order valence-corrected chi connectivity index (χ2v) is 5.66. The van der Waals surface area contributed by atoms with Crippen molar-refractivity contribution in [1.29, 1.82) is 0 Å². The van der Waals surface area contributed by atoms with Crippen LogP contribution in [0.25, 0.3) is 0 Å². The first-order valence-corrected chi connectivity index (χ1v) is 7.52. The Kier molecular flexibility index (Phi) is 5.00. The van der Waals surface area contributed by atoms with Crippen LogP contribution >= 0.6 is 11.6 Å². The zero-order valence-electron chi connectivity index (χ0n) is 12.0. The van der Waals surface area contributed by atoms with Crippen molar-refractivity contribution in [3.05, 3.63) is 29.0 Å². The van der Waals surface area contributed by atoms with Crippen molar-refractivity contribution in [2.75, 3.05) is 6.61 Å². The predicted molar refractivity (Wildman–Crippen MR) is 79.0 cm³/mol. The number of rotatable bonds is 4. The van der Waals surface area contributed by atoms with Gasteiger partial charge in [-0.05, 0) is 31.7 Å². The first-order valence-electron chi connectivity index (χ1n) is 7.14. The molecule has 1 atom stereocenters. The van der Waals surface area contributed by atoms with Crippen LogP contribution in [-0.2, 0) is 4.74 Å². The largest absolute Gasteiger partial charge is 0.375 e. The zero-order valence-corrected chi connectivity index (χ0v) is 12.7. The van der Waals surface area contributed by atoms with E-state index in [2.05, 4.69) is 24.1 Å². The average Bonchev–Trinajstić information content (AvgIpc) is 2.47. The molecule has 1 aromatic rings. The van der Waals surface area contributed by atoms with Crippen LogP contribution in [-0.4, -0.2) is 29.1 Å². The molecule has 4 nitrogen and oxygen atoms in total. The number of aromatic nitrogens is 1. The van der Waals surface area contributed by atoms with Crippen LogP contribution in [0.15, 0.2) is 18.5 Å². The Balaban J connectivity index is 2.03. The molecule has 0 bridgehead atoms. The summed E-state index contributed by atoms with van der Waals surface area (Å²) < 4.78 is 5.92. The highest BCUT2D eigenvalue weighted by Gasteiger charge is 2.35. The molecule has 0 saturated carbocycles. The summed E-state index contributed by atoms with van der Waals surface area (Å²) in [7, 11) is 0. The molecule has 20 heavy (non-hydrogen) atoms. The molecule has 0 spiro atoms. The normalized spacial score (nSPS) is 21.4. The molecule has 2 heterocycles. The molecule has 1 aliphatic rings. The minimum atomic E-state index is -0.156. The molecule has 1 saturated heterocycles. The Morgan fingerprint density at radius 1 is 1.55 bits per heavy atom. The quantitative estimate of drug-likeness (QED) is 0.928. The lowest BCUT2D eigenvalue weighted by Gasteiger charge is -2.40. The third-order valence-electron chi connectivity index (χ3n) is 4.13. The van der Waals surface area contributed by atoms with Gasteiger partial charge in [0.05, 0.1) is 16.2 Å². The summed E-state index contributed by atoms with van der Waals surface area (Å²) in [4.78, 5) is 16.2. The van der Waals surface area contributed by atoms with Gasteiger partial charge >= 0.3 is 0 Å². The number of halogens is 1. The molecule has 0 aliphatic carbocycles. The molecule has 1 aliphatic heterocycles. The topological polar surface area (TPSA) is 51.2 Å². The maximum atomic E-state index is 12.2. The standard InChI is InChI=1S/C15H21ClN2O2/c1-3-15(4-2)9-11(6-8-20-15)18-14(19)12-10-17-7-5-13(12)16/h5,7,10-11H,3-4,6,8-9H2,1-2H3,(H,18,19). The number of hydrogen-bond acceptors (Lipinski definition) is 3. The van der Waals surface area contributed by atoms with Crippen molar-refractivity contribution >= 4 is 17.5 Å². The number of nitrogens with one attached hydrogen (secondary N) is 1. The van der Waals surface area contributed by atoms with Gasteiger partial charge in [-0.25, -0.2) is 0 Å². The number of ether oxygens (including phenoxy) is 1. The Bertz CT molecular complexity index is 475. The molecule has 2 rings (SSSR count). The summed E-state index contributed by atoms with van der Waals surface area (Å²) >= 11 is 6.02. The summed E-state index contributed by atoms with van der Waals surface area (Å²) in [5, 5.41) is 3.49. The summed E-state index contributed by atoms with van der Waals surface area (Å²) in [5.41, 5.74) is 0.328. The maximum Gasteiger partial charge on any atom is 0.254 e. The van der Waals surface area contributed by atoms with Crippen molar-refractivity contribution in [3.8, 4) is 0 Å². The van der Waals surface area contributed by atoms with Gasteiger partial charge in [0.15, 0.2) is 0 Å². The van der Waals surface area contributed by atoms with E-state index in [1.54, 1.807) is 12.3 Å². The number of carbonyl (C=O) groups excluding carboxylic acids is 1. The highest BCUT2D eigenvalue weighted by molar-refractivity contribution is 6.33. The lowest BCUT2D eigenvalue weighted by molar-refractivity contribution is -0.0917. The van der Waals surface area contributed by atoms with E-state index >= 15 is 0 Å². The van der Waals surface area contributed by atoms with Gasteiger partial charge in [-0.15, -0.1) is 0 Å². The number of nitrogens with zero attached hydrogens (tertiary/aromatic N) is 1. The lowest BCUT2D eigenvalue weighted by atomic mass is 9.86. The molecule has 0 radical (unpaired) electrons. The van der Waals surface area contributed by atoms with Crippen molar-refractivity contribution in [3.63, 3.8) is 0 Å². The molecule has 1 N–H and O–H groups in total. The van der Waals surface area contributed by atoms with Crippen LogP contribution in [0, 0.1) is 0 Å². The SMILES string of the molecule is CCC1(CC)CC(NC(=O)c2cnccc2Cl)CCO1. The lowest BCUT2D eigenvalue weighted by Crippen LogP contribution is -2.48. The van der Waals surface area contributed by atoms with Gasteiger partial charge in [0, 0.05) is 25.0 Å². The van der Waals surface area contributed by atoms with Crippen LogP contribution in [0.4, 0.5) is 0 Å². The van der Waals surface area contributed by atoms with Gasteiger partial charge in [0.2, 0.25) is 0 Å². The molecule has 0 aromatic carbocycles. The maximum absolute atomic E-state index is 12.2. The Morgan fingerprint density at radius 2 is 2.30 bits per heavy atom. The van der Waals surface area contributed by atoms with Gasteiger partial charge < -0.3 is 10.1 Å². The number of amides is 1. The molecule has 1 amide bonds. The van der Waals surface area contributed by atoms with Crippen LogP contribution in [0.5, 0.6) is 0 Å². The fraction of sp³-hybridized carbons (Fsp3) is 0.600. The van der Waals surface area contributed by atoms with E-state index in [-0.39, 0.29) is 17.6 Å². The third kappa shape index (κ3) is 3.30. The monoisotopic (exact) mass is 296 g/mol. The van der Waals surface area contributed by atoms with E-state index in [1.165, 1.54) is 6.20 Å². The van der Waals surface area contributed by atoms with Gasteiger partial charge in [-0.2, -0.15) is 0 Å². The second kappa shape index (κ2) is 6.55. The zero-order chi connectivity index (χ0) is 14.6. The molecule has 1 unspecified atom stereocenters. The number of carbonyl (C=O) groups is 1. The molecular weight excluding hydrogens is 276 g/mol. The third-order valence-corrected chi connectivity index (χ3v) is 4.46. The summed E-state index contributed by atoms with van der Waals surface area (Å²) in [5.74, 6) is -0.156. The molecule has 1 aromatic heterocycles. The average molecular weight is 297 g/mol. The highest BCUT2D eigenvalue weighted by Crippen LogP contribution is 2.31. The first-order chi connectivity index (χ1) is 9.60. The predicted octanol–water partition coefficient (Wildman–Crippen LogP) is 3.20. The highest BCUT2D eigenvalue weighted by atomic mass is 35.5. The molecular formula is C15H21ClN2O2. The van der Waals surface area contributed by atoms with Crippen LogP contribution < -0.4 is 5.32 Å².